The van der Waals surface area contributed by atoms with Crippen molar-refractivity contribution in [2.75, 3.05) is 7.11 Å². The first-order valence-electron chi connectivity index (χ1n) is 5.04. The average molecular weight is 270 g/mol. The number of hydrogen-bond donors (Lipinski definition) is 2. The Kier molecular flexibility index (Phi) is 3.26. The van der Waals surface area contributed by atoms with E-state index in [-0.39, 0.29) is 11.1 Å². The van der Waals surface area contributed by atoms with Crippen LogP contribution in [0.4, 0.5) is 0 Å². The van der Waals surface area contributed by atoms with E-state index in [1.807, 2.05) is 0 Å². The van der Waals surface area contributed by atoms with E-state index in [0.717, 1.165) is 6.07 Å². The number of benzene rings is 1. The lowest BCUT2D eigenvalue weighted by molar-refractivity contribution is 0.371. The van der Waals surface area contributed by atoms with Crippen LogP contribution in [0.25, 0.3) is 11.0 Å². The minimum Gasteiger partial charge on any atom is -0.497 e. The molecule has 1 aromatic carbocycles. The maximum atomic E-state index is 11.3. The van der Waals surface area contributed by atoms with Gasteiger partial charge in [-0.15, -0.1) is 0 Å². The lowest BCUT2D eigenvalue weighted by Gasteiger charge is -2.08. The van der Waals surface area contributed by atoms with Crippen LogP contribution in [0.15, 0.2) is 33.5 Å². The van der Waals surface area contributed by atoms with Crippen molar-refractivity contribution in [1.82, 2.24) is 0 Å². The Morgan fingerprint density at radius 3 is 2.67 bits per heavy atom. The van der Waals surface area contributed by atoms with E-state index in [9.17, 15) is 9.36 Å². The van der Waals surface area contributed by atoms with E-state index in [0.29, 0.717) is 11.1 Å². The third kappa shape index (κ3) is 2.79. The van der Waals surface area contributed by atoms with Gasteiger partial charge in [-0.2, -0.15) is 0 Å². The highest BCUT2D eigenvalue weighted by molar-refractivity contribution is 7.50. The van der Waals surface area contributed by atoms with Gasteiger partial charge in [0.05, 0.1) is 13.3 Å². The van der Waals surface area contributed by atoms with E-state index in [1.54, 1.807) is 12.1 Å². The fourth-order valence-corrected chi connectivity index (χ4v) is 2.39. The summed E-state index contributed by atoms with van der Waals surface area (Å²) in [5.41, 5.74) is -0.128. The van der Waals surface area contributed by atoms with Gasteiger partial charge in [-0.25, -0.2) is 4.79 Å². The lowest BCUT2D eigenvalue weighted by Crippen LogP contribution is -2.01. The van der Waals surface area contributed by atoms with Gasteiger partial charge in [0.25, 0.3) is 0 Å². The van der Waals surface area contributed by atoms with Gasteiger partial charge >= 0.3 is 13.2 Å². The van der Waals surface area contributed by atoms with E-state index < -0.39 is 19.4 Å². The standard InChI is InChI=1S/C11H11O6P/c1-16-8-2-3-10-9(5-8)7(4-11(12)17-10)6-18(13,14)15/h2-5H,6H2,1H3,(H2,13,14,15). The summed E-state index contributed by atoms with van der Waals surface area (Å²) in [7, 11) is -2.78. The molecule has 0 aliphatic heterocycles. The van der Waals surface area contributed by atoms with E-state index in [2.05, 4.69) is 0 Å². The summed E-state index contributed by atoms with van der Waals surface area (Å²) in [5, 5.41) is 0.456. The van der Waals surface area contributed by atoms with Crippen molar-refractivity contribution in [2.24, 2.45) is 0 Å². The van der Waals surface area contributed by atoms with E-state index in [4.69, 9.17) is 18.9 Å². The van der Waals surface area contributed by atoms with Gasteiger partial charge in [0, 0.05) is 11.5 Å². The second kappa shape index (κ2) is 4.57. The minimum atomic E-state index is -4.26. The fraction of sp³-hybridized carbons (Fsp3) is 0.182. The summed E-state index contributed by atoms with van der Waals surface area (Å²) in [6.45, 7) is 0. The largest absolute Gasteiger partial charge is 0.497 e. The number of hydrogen-bond acceptors (Lipinski definition) is 4. The Balaban J connectivity index is 2.69. The number of rotatable bonds is 3. The molecule has 0 saturated carbocycles. The Bertz CT molecular complexity index is 683. The predicted octanol–water partition coefficient (Wildman–Crippen LogP) is 1.48. The van der Waals surface area contributed by atoms with Crippen LogP contribution in [0.1, 0.15) is 5.56 Å². The van der Waals surface area contributed by atoms with Crippen LogP contribution < -0.4 is 10.4 Å². The molecule has 7 heteroatoms. The van der Waals surface area contributed by atoms with Gasteiger partial charge in [0.15, 0.2) is 0 Å². The highest BCUT2D eigenvalue weighted by atomic mass is 31.2. The van der Waals surface area contributed by atoms with Crippen LogP contribution in [0.5, 0.6) is 5.75 Å². The van der Waals surface area contributed by atoms with Crippen LogP contribution in [0, 0.1) is 0 Å². The molecule has 0 atom stereocenters. The Morgan fingerprint density at radius 2 is 2.06 bits per heavy atom. The second-order valence-corrected chi connectivity index (χ2v) is 5.42. The highest BCUT2D eigenvalue weighted by Gasteiger charge is 2.17. The molecule has 0 saturated heterocycles. The summed E-state index contributed by atoms with van der Waals surface area (Å²) in [6, 6.07) is 5.79. The zero-order chi connectivity index (χ0) is 13.3. The van der Waals surface area contributed by atoms with Gasteiger partial charge in [-0.05, 0) is 23.8 Å². The molecule has 0 bridgehead atoms. The number of methoxy groups -OCH3 is 1. The molecule has 0 unspecified atom stereocenters. The maximum Gasteiger partial charge on any atom is 0.336 e. The smallest absolute Gasteiger partial charge is 0.336 e. The molecular weight excluding hydrogens is 259 g/mol. The van der Waals surface area contributed by atoms with E-state index in [1.165, 1.54) is 13.2 Å². The van der Waals surface area contributed by atoms with Crippen molar-refractivity contribution in [3.05, 3.63) is 40.2 Å². The van der Waals surface area contributed by atoms with Crippen molar-refractivity contribution >= 4 is 18.6 Å². The summed E-state index contributed by atoms with van der Waals surface area (Å²) < 4.78 is 21.0. The summed E-state index contributed by atoms with van der Waals surface area (Å²) in [5.74, 6) is 0.517. The van der Waals surface area contributed by atoms with Crippen LogP contribution in [-0.4, -0.2) is 16.9 Å². The monoisotopic (exact) mass is 270 g/mol. The predicted molar refractivity (Wildman–Crippen MR) is 64.8 cm³/mol. The third-order valence-electron chi connectivity index (χ3n) is 2.41. The van der Waals surface area contributed by atoms with E-state index >= 15 is 0 Å². The van der Waals surface area contributed by atoms with Gasteiger partial charge in [0.1, 0.15) is 11.3 Å². The highest BCUT2D eigenvalue weighted by Crippen LogP contribution is 2.40. The molecule has 0 aliphatic rings. The van der Waals surface area contributed by atoms with Crippen molar-refractivity contribution < 1.29 is 23.5 Å². The molecule has 0 aliphatic carbocycles. The summed E-state index contributed by atoms with van der Waals surface area (Å²) in [6.07, 6.45) is -0.512. The van der Waals surface area contributed by atoms with Crippen LogP contribution in [-0.2, 0) is 10.7 Å². The first kappa shape index (κ1) is 12.8. The summed E-state index contributed by atoms with van der Waals surface area (Å²) >= 11 is 0. The average Bonchev–Trinajstić information content (AvgIpc) is 2.26. The lowest BCUT2D eigenvalue weighted by atomic mass is 10.1. The molecule has 0 fully saturated rings. The molecule has 2 N–H and O–H groups in total. The summed E-state index contributed by atoms with van der Waals surface area (Å²) in [4.78, 5) is 29.3. The first-order chi connectivity index (χ1) is 8.39. The zero-order valence-corrected chi connectivity index (χ0v) is 10.4. The zero-order valence-electron chi connectivity index (χ0n) is 9.49. The molecule has 0 spiro atoms. The molecular formula is C11H11O6P. The quantitative estimate of drug-likeness (QED) is 0.647. The Hall–Kier alpha value is -1.62. The maximum absolute atomic E-state index is 11.3. The molecule has 1 aromatic heterocycles. The number of ether oxygens (including phenoxy) is 1. The molecule has 2 aromatic rings. The third-order valence-corrected chi connectivity index (χ3v) is 3.16. The Labute approximate surface area is 102 Å². The van der Waals surface area contributed by atoms with Crippen molar-refractivity contribution in [3.8, 4) is 5.75 Å². The fourth-order valence-electron chi connectivity index (χ4n) is 1.69. The molecule has 0 amide bonds. The molecule has 18 heavy (non-hydrogen) atoms. The molecule has 96 valence electrons. The van der Waals surface area contributed by atoms with Crippen molar-refractivity contribution in [3.63, 3.8) is 0 Å². The topological polar surface area (TPSA) is 97.0 Å². The molecule has 2 rings (SSSR count). The van der Waals surface area contributed by atoms with Crippen LogP contribution in [0.3, 0.4) is 0 Å². The normalized spacial score (nSPS) is 11.7. The van der Waals surface area contributed by atoms with Gasteiger partial charge in [0.2, 0.25) is 0 Å². The second-order valence-electron chi connectivity index (χ2n) is 3.78. The van der Waals surface area contributed by atoms with Gasteiger partial charge < -0.3 is 18.9 Å². The minimum absolute atomic E-state index is 0.244. The van der Waals surface area contributed by atoms with Crippen molar-refractivity contribution in [1.29, 1.82) is 0 Å². The Morgan fingerprint density at radius 1 is 1.33 bits per heavy atom. The first-order valence-corrected chi connectivity index (χ1v) is 6.84. The SMILES string of the molecule is COc1ccc2oc(=O)cc(CP(=O)(O)O)c2c1. The van der Waals surface area contributed by atoms with Gasteiger partial charge in [-0.1, -0.05) is 0 Å². The van der Waals surface area contributed by atoms with Crippen LogP contribution in [0.2, 0.25) is 0 Å². The van der Waals surface area contributed by atoms with Gasteiger partial charge in [-0.3, -0.25) is 4.57 Å². The molecule has 0 radical (unpaired) electrons. The molecule has 1 heterocycles. The van der Waals surface area contributed by atoms with Crippen LogP contribution >= 0.6 is 7.60 Å². The molecule has 6 nitrogen and oxygen atoms in total. The van der Waals surface area contributed by atoms with Crippen molar-refractivity contribution in [2.45, 2.75) is 6.16 Å². The number of fused-ring (bicyclic) bond motifs is 1.